The maximum absolute atomic E-state index is 13.2. The van der Waals surface area contributed by atoms with Crippen molar-refractivity contribution in [2.75, 3.05) is 5.73 Å². The standard InChI is InChI=1S/C12H10FN5O/c1-7-16-17-11-12(15-4-5-18(7)11)19-10-6-8(13)2-3-9(10)14/h2-6H,14H2,1H3. The number of halogens is 1. The van der Waals surface area contributed by atoms with Crippen molar-refractivity contribution < 1.29 is 9.13 Å². The summed E-state index contributed by atoms with van der Waals surface area (Å²) in [6.45, 7) is 1.81. The van der Waals surface area contributed by atoms with Crippen LogP contribution in [0.4, 0.5) is 10.1 Å². The molecule has 0 fully saturated rings. The van der Waals surface area contributed by atoms with E-state index in [1.807, 2.05) is 0 Å². The Morgan fingerprint density at radius 3 is 3.00 bits per heavy atom. The molecule has 0 atom stereocenters. The highest BCUT2D eigenvalue weighted by molar-refractivity contribution is 5.57. The van der Waals surface area contributed by atoms with E-state index in [-0.39, 0.29) is 11.6 Å². The van der Waals surface area contributed by atoms with Crippen LogP contribution in [0.25, 0.3) is 5.65 Å². The molecule has 2 heterocycles. The van der Waals surface area contributed by atoms with Gasteiger partial charge in [-0.15, -0.1) is 10.2 Å². The molecular weight excluding hydrogens is 249 g/mol. The number of aryl methyl sites for hydroxylation is 1. The summed E-state index contributed by atoms with van der Waals surface area (Å²) in [5.74, 6) is 0.685. The first-order valence-corrected chi connectivity index (χ1v) is 5.54. The Balaban J connectivity index is 2.08. The predicted octanol–water partition coefficient (Wildman–Crippen LogP) is 1.95. The minimum absolute atomic E-state index is 0.196. The lowest BCUT2D eigenvalue weighted by Crippen LogP contribution is -1.97. The van der Waals surface area contributed by atoms with Gasteiger partial charge < -0.3 is 10.5 Å². The number of nitrogens with two attached hydrogens (primary N) is 1. The lowest BCUT2D eigenvalue weighted by atomic mass is 10.3. The molecule has 2 aromatic heterocycles. The molecule has 0 bridgehead atoms. The van der Waals surface area contributed by atoms with E-state index in [2.05, 4.69) is 15.2 Å². The predicted molar refractivity (Wildman–Crippen MR) is 66.4 cm³/mol. The molecule has 1 aromatic carbocycles. The maximum atomic E-state index is 13.2. The zero-order valence-electron chi connectivity index (χ0n) is 10.0. The van der Waals surface area contributed by atoms with Gasteiger partial charge in [0, 0.05) is 18.5 Å². The van der Waals surface area contributed by atoms with E-state index in [0.717, 1.165) is 0 Å². The highest BCUT2D eigenvalue weighted by Crippen LogP contribution is 2.28. The summed E-state index contributed by atoms with van der Waals surface area (Å²) in [6.07, 6.45) is 3.26. The summed E-state index contributed by atoms with van der Waals surface area (Å²) in [5.41, 5.74) is 6.49. The number of hydrogen-bond acceptors (Lipinski definition) is 5. The van der Waals surface area contributed by atoms with Gasteiger partial charge >= 0.3 is 0 Å². The van der Waals surface area contributed by atoms with Crippen molar-refractivity contribution in [1.82, 2.24) is 19.6 Å². The van der Waals surface area contributed by atoms with E-state index in [4.69, 9.17) is 10.5 Å². The van der Waals surface area contributed by atoms with Gasteiger partial charge in [0.05, 0.1) is 5.69 Å². The van der Waals surface area contributed by atoms with Crippen molar-refractivity contribution in [2.24, 2.45) is 0 Å². The lowest BCUT2D eigenvalue weighted by Gasteiger charge is -2.07. The smallest absolute Gasteiger partial charge is 0.265 e. The molecule has 0 aliphatic rings. The molecule has 6 nitrogen and oxygen atoms in total. The molecule has 3 aromatic rings. The molecule has 0 saturated carbocycles. The van der Waals surface area contributed by atoms with E-state index < -0.39 is 5.82 Å². The molecule has 0 amide bonds. The van der Waals surface area contributed by atoms with Crippen LogP contribution < -0.4 is 10.5 Å². The van der Waals surface area contributed by atoms with E-state index in [9.17, 15) is 4.39 Å². The summed E-state index contributed by atoms with van der Waals surface area (Å²) in [5, 5.41) is 7.88. The molecule has 0 spiro atoms. The minimum Gasteiger partial charge on any atom is -0.434 e. The number of nitrogen functional groups attached to an aromatic ring is 1. The molecule has 7 heteroatoms. The molecular formula is C12H10FN5O. The first-order chi connectivity index (χ1) is 9.15. The fourth-order valence-electron chi connectivity index (χ4n) is 1.69. The second kappa shape index (κ2) is 4.20. The van der Waals surface area contributed by atoms with E-state index in [0.29, 0.717) is 17.2 Å². The largest absolute Gasteiger partial charge is 0.434 e. The normalized spacial score (nSPS) is 10.8. The Labute approximate surface area is 107 Å². The Hall–Kier alpha value is -2.70. The van der Waals surface area contributed by atoms with Gasteiger partial charge in [-0.3, -0.25) is 4.40 Å². The van der Waals surface area contributed by atoms with Gasteiger partial charge in [0.2, 0.25) is 5.65 Å². The van der Waals surface area contributed by atoms with Crippen molar-refractivity contribution in [2.45, 2.75) is 6.92 Å². The summed E-state index contributed by atoms with van der Waals surface area (Å²) < 4.78 is 20.4. The fourth-order valence-corrected chi connectivity index (χ4v) is 1.69. The van der Waals surface area contributed by atoms with Crippen LogP contribution in [-0.2, 0) is 0 Å². The van der Waals surface area contributed by atoms with Gasteiger partial charge in [0.1, 0.15) is 11.6 Å². The summed E-state index contributed by atoms with van der Waals surface area (Å²) in [7, 11) is 0. The molecule has 0 saturated heterocycles. The van der Waals surface area contributed by atoms with Crippen LogP contribution in [0.15, 0.2) is 30.6 Å². The minimum atomic E-state index is -0.436. The average molecular weight is 259 g/mol. The molecule has 2 N–H and O–H groups in total. The summed E-state index contributed by atoms with van der Waals surface area (Å²) >= 11 is 0. The van der Waals surface area contributed by atoms with Gasteiger partial charge in [0.25, 0.3) is 5.88 Å². The quantitative estimate of drug-likeness (QED) is 0.711. The Kier molecular flexibility index (Phi) is 2.52. The van der Waals surface area contributed by atoms with E-state index in [1.165, 1.54) is 18.2 Å². The molecule has 3 rings (SSSR count). The van der Waals surface area contributed by atoms with Crippen LogP contribution in [0.1, 0.15) is 5.82 Å². The third-order valence-corrected chi connectivity index (χ3v) is 2.65. The van der Waals surface area contributed by atoms with Crippen LogP contribution in [0.3, 0.4) is 0 Å². The molecule has 0 aliphatic heterocycles. The maximum Gasteiger partial charge on any atom is 0.265 e. The Bertz CT molecular complexity index is 755. The monoisotopic (exact) mass is 259 g/mol. The number of benzene rings is 1. The molecule has 0 aliphatic carbocycles. The number of anilines is 1. The van der Waals surface area contributed by atoms with Crippen molar-refractivity contribution in [3.63, 3.8) is 0 Å². The molecule has 19 heavy (non-hydrogen) atoms. The zero-order chi connectivity index (χ0) is 13.4. The van der Waals surface area contributed by atoms with Crippen LogP contribution >= 0.6 is 0 Å². The summed E-state index contributed by atoms with van der Waals surface area (Å²) in [4.78, 5) is 4.06. The topological polar surface area (TPSA) is 78.3 Å². The number of hydrogen-bond donors (Lipinski definition) is 1. The van der Waals surface area contributed by atoms with Crippen molar-refractivity contribution in [3.05, 3.63) is 42.2 Å². The van der Waals surface area contributed by atoms with Crippen molar-refractivity contribution in [1.29, 1.82) is 0 Å². The highest BCUT2D eigenvalue weighted by atomic mass is 19.1. The molecule has 0 unspecified atom stereocenters. The first-order valence-electron chi connectivity index (χ1n) is 5.54. The van der Waals surface area contributed by atoms with Crippen LogP contribution in [0.2, 0.25) is 0 Å². The Morgan fingerprint density at radius 1 is 1.32 bits per heavy atom. The number of nitrogens with zero attached hydrogens (tertiary/aromatic N) is 4. The summed E-state index contributed by atoms with van der Waals surface area (Å²) in [6, 6.07) is 3.89. The second-order valence-electron chi connectivity index (χ2n) is 3.96. The molecule has 0 radical (unpaired) electrons. The Morgan fingerprint density at radius 2 is 2.16 bits per heavy atom. The highest BCUT2D eigenvalue weighted by Gasteiger charge is 2.11. The number of ether oxygens (including phenoxy) is 1. The second-order valence-corrected chi connectivity index (χ2v) is 3.96. The van der Waals surface area contributed by atoms with Crippen LogP contribution in [-0.4, -0.2) is 19.6 Å². The van der Waals surface area contributed by atoms with E-state index >= 15 is 0 Å². The zero-order valence-corrected chi connectivity index (χ0v) is 10.0. The fraction of sp³-hybridized carbons (Fsp3) is 0.0833. The van der Waals surface area contributed by atoms with Gasteiger partial charge in [-0.05, 0) is 19.1 Å². The van der Waals surface area contributed by atoms with Crippen LogP contribution in [0.5, 0.6) is 11.6 Å². The number of aromatic nitrogens is 4. The van der Waals surface area contributed by atoms with Gasteiger partial charge in [-0.2, -0.15) is 0 Å². The number of rotatable bonds is 2. The lowest BCUT2D eigenvalue weighted by molar-refractivity contribution is 0.462. The van der Waals surface area contributed by atoms with Crippen LogP contribution in [0, 0.1) is 12.7 Å². The third kappa shape index (κ3) is 1.95. The third-order valence-electron chi connectivity index (χ3n) is 2.65. The number of fused-ring (bicyclic) bond motifs is 1. The van der Waals surface area contributed by atoms with Crippen molar-refractivity contribution >= 4 is 11.3 Å². The molecule has 96 valence electrons. The van der Waals surface area contributed by atoms with Gasteiger partial charge in [0.15, 0.2) is 5.75 Å². The van der Waals surface area contributed by atoms with Gasteiger partial charge in [-0.25, -0.2) is 9.37 Å². The first kappa shape index (κ1) is 11.4. The van der Waals surface area contributed by atoms with Crippen molar-refractivity contribution in [3.8, 4) is 11.6 Å². The average Bonchev–Trinajstić information content (AvgIpc) is 2.77. The SMILES string of the molecule is Cc1nnc2c(Oc3cc(F)ccc3N)nccn12. The van der Waals surface area contributed by atoms with E-state index in [1.54, 1.807) is 23.7 Å². The van der Waals surface area contributed by atoms with Gasteiger partial charge in [-0.1, -0.05) is 0 Å².